The Hall–Kier alpha value is -0.980. The topological polar surface area (TPSA) is 3.24 Å². The smallest absolute Gasteiger partial charge is 0.0398 e. The van der Waals surface area contributed by atoms with Crippen LogP contribution >= 0.6 is 0 Å². The quantitative estimate of drug-likeness (QED) is 0.167. The summed E-state index contributed by atoms with van der Waals surface area (Å²) >= 11 is 0. The van der Waals surface area contributed by atoms with Gasteiger partial charge in [0.15, 0.2) is 0 Å². The van der Waals surface area contributed by atoms with Crippen molar-refractivity contribution in [2.24, 2.45) is 0 Å². The number of anilines is 1. The minimum Gasteiger partial charge on any atom is -0.371 e. The van der Waals surface area contributed by atoms with E-state index in [1.54, 1.807) is 5.56 Å². The van der Waals surface area contributed by atoms with Crippen molar-refractivity contribution < 1.29 is 0 Å². The van der Waals surface area contributed by atoms with E-state index in [9.17, 15) is 0 Å². The van der Waals surface area contributed by atoms with Crippen LogP contribution < -0.4 is 4.90 Å². The lowest BCUT2D eigenvalue weighted by Crippen LogP contribution is -2.30. The van der Waals surface area contributed by atoms with Crippen molar-refractivity contribution in [1.29, 1.82) is 0 Å². The molecule has 0 amide bonds. The molecule has 1 nitrogen and oxygen atoms in total. The molecule has 0 atom stereocenters. The highest BCUT2D eigenvalue weighted by atomic mass is 15.1. The van der Waals surface area contributed by atoms with Crippen molar-refractivity contribution in [2.75, 3.05) is 18.0 Å². The van der Waals surface area contributed by atoms with Crippen molar-refractivity contribution in [1.82, 2.24) is 0 Å². The first-order valence-electron chi connectivity index (χ1n) is 15.2. The number of fused-ring (bicyclic) bond motifs is 1. The van der Waals surface area contributed by atoms with Crippen LogP contribution in [0, 0.1) is 6.92 Å². The van der Waals surface area contributed by atoms with Crippen LogP contribution in [-0.4, -0.2) is 13.1 Å². The predicted octanol–water partition coefficient (Wildman–Crippen LogP) is 10.6. The molecule has 190 valence electrons. The van der Waals surface area contributed by atoms with Gasteiger partial charge in [-0.25, -0.2) is 0 Å². The summed E-state index contributed by atoms with van der Waals surface area (Å²) in [7, 11) is 0. The molecule has 1 aliphatic rings. The van der Waals surface area contributed by atoms with Gasteiger partial charge in [0.05, 0.1) is 0 Å². The minimum atomic E-state index is 1.26. The number of benzene rings is 1. The zero-order valence-electron chi connectivity index (χ0n) is 22.6. The van der Waals surface area contributed by atoms with E-state index in [-0.39, 0.29) is 0 Å². The second-order valence-corrected chi connectivity index (χ2v) is 10.9. The van der Waals surface area contributed by atoms with E-state index >= 15 is 0 Å². The van der Waals surface area contributed by atoms with Crippen LogP contribution in [0.15, 0.2) is 18.2 Å². The van der Waals surface area contributed by atoms with Gasteiger partial charge in [-0.1, -0.05) is 147 Å². The number of unbranched alkanes of at least 4 members (excludes halogenated alkanes) is 19. The van der Waals surface area contributed by atoms with E-state index in [1.165, 1.54) is 166 Å². The molecule has 1 aromatic carbocycles. The summed E-state index contributed by atoms with van der Waals surface area (Å²) in [6.45, 7) is 7.04. The van der Waals surface area contributed by atoms with E-state index in [0.717, 1.165) is 0 Å². The van der Waals surface area contributed by atoms with Gasteiger partial charge in [-0.2, -0.15) is 0 Å². The van der Waals surface area contributed by atoms with E-state index in [2.05, 4.69) is 36.9 Å². The Balaban J connectivity index is 1.29. The first-order valence-corrected chi connectivity index (χ1v) is 15.2. The van der Waals surface area contributed by atoms with Gasteiger partial charge < -0.3 is 4.90 Å². The molecule has 2 rings (SSSR count). The molecule has 0 saturated heterocycles. The van der Waals surface area contributed by atoms with E-state index in [1.807, 2.05) is 0 Å². The fraction of sp³-hybridized carbons (Fsp3) is 0.812. The van der Waals surface area contributed by atoms with Gasteiger partial charge in [0.25, 0.3) is 0 Å². The molecule has 0 radical (unpaired) electrons. The Morgan fingerprint density at radius 2 is 1.06 bits per heavy atom. The van der Waals surface area contributed by atoms with Crippen molar-refractivity contribution in [3.63, 3.8) is 0 Å². The normalized spacial score (nSPS) is 13.5. The van der Waals surface area contributed by atoms with Crippen LogP contribution in [0.4, 0.5) is 5.69 Å². The number of hydrogen-bond acceptors (Lipinski definition) is 1. The van der Waals surface area contributed by atoms with Crippen molar-refractivity contribution in [2.45, 2.75) is 155 Å². The average molecular weight is 456 g/mol. The lowest BCUT2D eigenvalue weighted by atomic mass is 9.99. The minimum absolute atomic E-state index is 1.26. The molecule has 1 aliphatic heterocycles. The predicted molar refractivity (Wildman–Crippen MR) is 150 cm³/mol. The van der Waals surface area contributed by atoms with Crippen molar-refractivity contribution >= 4 is 5.69 Å². The summed E-state index contributed by atoms with van der Waals surface area (Å²) in [5.74, 6) is 0. The highest BCUT2D eigenvalue weighted by molar-refractivity contribution is 5.56. The summed E-state index contributed by atoms with van der Waals surface area (Å²) in [5, 5.41) is 0. The van der Waals surface area contributed by atoms with Gasteiger partial charge >= 0.3 is 0 Å². The Labute approximate surface area is 208 Å². The molecule has 0 fully saturated rings. The van der Waals surface area contributed by atoms with Gasteiger partial charge in [-0.3, -0.25) is 0 Å². The zero-order valence-corrected chi connectivity index (χ0v) is 22.6. The molecule has 33 heavy (non-hydrogen) atoms. The Morgan fingerprint density at radius 3 is 1.55 bits per heavy atom. The van der Waals surface area contributed by atoms with E-state index in [0.29, 0.717) is 0 Å². The van der Waals surface area contributed by atoms with Crippen LogP contribution in [0.1, 0.15) is 153 Å². The van der Waals surface area contributed by atoms with Crippen molar-refractivity contribution in [3.8, 4) is 0 Å². The van der Waals surface area contributed by atoms with Crippen molar-refractivity contribution in [3.05, 3.63) is 29.3 Å². The average Bonchev–Trinajstić information content (AvgIpc) is 2.82. The molecule has 0 spiro atoms. The number of aryl methyl sites for hydroxylation is 2. The van der Waals surface area contributed by atoms with Gasteiger partial charge in [-0.15, -0.1) is 0 Å². The molecule has 0 aromatic heterocycles. The van der Waals surface area contributed by atoms with E-state index in [4.69, 9.17) is 0 Å². The number of hydrogen-bond donors (Lipinski definition) is 0. The Morgan fingerprint density at radius 1 is 0.606 bits per heavy atom. The van der Waals surface area contributed by atoms with Crippen LogP contribution in [0.25, 0.3) is 0 Å². The Kier molecular flexibility index (Phi) is 16.6. The molecule has 0 aliphatic carbocycles. The first kappa shape index (κ1) is 28.3. The van der Waals surface area contributed by atoms with Crippen LogP contribution in [0.5, 0.6) is 0 Å². The third-order valence-electron chi connectivity index (χ3n) is 7.73. The summed E-state index contributed by atoms with van der Waals surface area (Å²) in [5.41, 5.74) is 4.51. The first-order chi connectivity index (χ1) is 16.3. The van der Waals surface area contributed by atoms with Gasteiger partial charge in [0, 0.05) is 18.8 Å². The fourth-order valence-electron chi connectivity index (χ4n) is 5.59. The highest BCUT2D eigenvalue weighted by Crippen LogP contribution is 2.28. The highest BCUT2D eigenvalue weighted by Gasteiger charge is 2.15. The molecule has 0 N–H and O–H groups in total. The summed E-state index contributed by atoms with van der Waals surface area (Å²) in [4.78, 5) is 2.65. The molecular weight excluding hydrogens is 398 g/mol. The fourth-order valence-corrected chi connectivity index (χ4v) is 5.59. The maximum atomic E-state index is 2.65. The molecule has 0 saturated carbocycles. The second-order valence-electron chi connectivity index (χ2n) is 10.9. The maximum absolute atomic E-state index is 2.65. The molecule has 0 unspecified atom stereocenters. The van der Waals surface area contributed by atoms with Crippen LogP contribution in [0.3, 0.4) is 0 Å². The molecular formula is C32H57N. The SMILES string of the molecule is CCCCCCCCCCCCCCCCCCCCCCN1CCCc2cc(C)ccc21. The standard InChI is InChI=1S/C32H57N/c1-3-4-5-6-7-8-9-10-11-12-13-14-15-16-17-18-19-20-21-22-27-33-28-23-24-31-29-30(2)25-26-32(31)33/h25-26,29H,3-24,27-28H2,1-2H3. The van der Waals surface area contributed by atoms with Gasteiger partial charge in [0.2, 0.25) is 0 Å². The zero-order chi connectivity index (χ0) is 23.4. The molecule has 1 aromatic rings. The van der Waals surface area contributed by atoms with Crippen LogP contribution in [0.2, 0.25) is 0 Å². The summed E-state index contributed by atoms with van der Waals surface area (Å²) in [6, 6.07) is 7.05. The van der Waals surface area contributed by atoms with E-state index < -0.39 is 0 Å². The maximum Gasteiger partial charge on any atom is 0.0398 e. The summed E-state index contributed by atoms with van der Waals surface area (Å²) in [6.07, 6.45) is 31.8. The third-order valence-corrected chi connectivity index (χ3v) is 7.73. The van der Waals surface area contributed by atoms with Crippen LogP contribution in [-0.2, 0) is 6.42 Å². The second kappa shape index (κ2) is 19.3. The van der Waals surface area contributed by atoms with Gasteiger partial charge in [0.1, 0.15) is 0 Å². The summed E-state index contributed by atoms with van der Waals surface area (Å²) < 4.78 is 0. The molecule has 0 bridgehead atoms. The molecule has 1 heteroatoms. The third kappa shape index (κ3) is 13.5. The number of rotatable bonds is 21. The Bertz CT molecular complexity index is 578. The number of nitrogens with zero attached hydrogens (tertiary/aromatic N) is 1. The van der Waals surface area contributed by atoms with Gasteiger partial charge in [-0.05, 0) is 37.8 Å². The lowest BCUT2D eigenvalue weighted by Gasteiger charge is -2.31. The monoisotopic (exact) mass is 455 g/mol. The lowest BCUT2D eigenvalue weighted by molar-refractivity contribution is 0.521. The largest absolute Gasteiger partial charge is 0.371 e. The molecule has 1 heterocycles.